The molecule has 1 N–H and O–H groups in total. The third-order valence-corrected chi connectivity index (χ3v) is 5.47. The molecule has 30 heavy (non-hydrogen) atoms. The van der Waals surface area contributed by atoms with Crippen LogP contribution in [0.2, 0.25) is 0 Å². The first-order valence-corrected chi connectivity index (χ1v) is 10.4. The summed E-state index contributed by atoms with van der Waals surface area (Å²) in [4.78, 5) is 23.5. The van der Waals surface area contributed by atoms with Crippen molar-refractivity contribution in [1.82, 2.24) is 19.9 Å². The highest BCUT2D eigenvalue weighted by Gasteiger charge is 2.19. The van der Waals surface area contributed by atoms with E-state index >= 15 is 0 Å². The van der Waals surface area contributed by atoms with Crippen molar-refractivity contribution in [3.63, 3.8) is 0 Å². The van der Waals surface area contributed by atoms with Crippen molar-refractivity contribution in [2.45, 2.75) is 24.0 Å². The maximum absolute atomic E-state index is 12.9. The molecular formula is C20H21F2N5O2S. The lowest BCUT2D eigenvalue weighted by molar-refractivity contribution is -0.121. The van der Waals surface area contributed by atoms with E-state index in [2.05, 4.69) is 20.2 Å². The van der Waals surface area contributed by atoms with Crippen LogP contribution in [0.5, 0.6) is 0 Å². The van der Waals surface area contributed by atoms with E-state index in [1.165, 1.54) is 4.57 Å². The lowest BCUT2D eigenvalue weighted by Crippen LogP contribution is -2.38. The lowest BCUT2D eigenvalue weighted by atomic mass is 10.2. The minimum atomic E-state index is -2.62. The third kappa shape index (κ3) is 4.71. The second kappa shape index (κ2) is 9.40. The molecule has 1 saturated heterocycles. The van der Waals surface area contributed by atoms with Gasteiger partial charge in [-0.25, -0.2) is 9.97 Å². The Hall–Kier alpha value is -2.72. The number of amides is 1. The van der Waals surface area contributed by atoms with Gasteiger partial charge in [0, 0.05) is 31.4 Å². The molecule has 0 bridgehead atoms. The molecule has 1 aliphatic rings. The van der Waals surface area contributed by atoms with E-state index < -0.39 is 5.76 Å². The summed E-state index contributed by atoms with van der Waals surface area (Å²) in [7, 11) is 0. The van der Waals surface area contributed by atoms with Crippen molar-refractivity contribution >= 4 is 34.5 Å². The number of thioether (sulfide) groups is 1. The molecule has 0 saturated carbocycles. The highest BCUT2D eigenvalue weighted by molar-refractivity contribution is 7.99. The molecule has 4 rings (SSSR count). The summed E-state index contributed by atoms with van der Waals surface area (Å²) in [6.45, 7) is 2.97. The van der Waals surface area contributed by atoms with Crippen LogP contribution in [0.3, 0.4) is 0 Å². The Morgan fingerprint density at radius 3 is 2.80 bits per heavy atom. The van der Waals surface area contributed by atoms with Crippen LogP contribution in [0.15, 0.2) is 47.8 Å². The molecule has 3 aromatic rings. The van der Waals surface area contributed by atoms with Gasteiger partial charge in [-0.15, -0.1) is 0 Å². The summed E-state index contributed by atoms with van der Waals surface area (Å²) in [6.07, 6.45) is 1.72. The Morgan fingerprint density at radius 1 is 1.20 bits per heavy atom. The quantitative estimate of drug-likeness (QED) is 0.578. The molecule has 10 heteroatoms. The maximum atomic E-state index is 12.9. The number of pyridine rings is 1. The molecule has 2 aromatic heterocycles. The van der Waals surface area contributed by atoms with Crippen molar-refractivity contribution in [3.05, 3.63) is 48.2 Å². The monoisotopic (exact) mass is 433 g/mol. The number of morpholine rings is 1. The average Bonchev–Trinajstić information content (AvgIpc) is 3.09. The molecule has 7 nitrogen and oxygen atoms in total. The topological polar surface area (TPSA) is 72.3 Å². The van der Waals surface area contributed by atoms with Gasteiger partial charge in [-0.3, -0.25) is 4.79 Å². The van der Waals surface area contributed by atoms with Gasteiger partial charge in [0.15, 0.2) is 5.16 Å². The Morgan fingerprint density at radius 2 is 2.00 bits per heavy atom. The van der Waals surface area contributed by atoms with Crippen LogP contribution in [-0.4, -0.2) is 52.5 Å². The van der Waals surface area contributed by atoms with Crippen LogP contribution in [-0.2, 0) is 22.6 Å². The Balaban J connectivity index is 1.47. The fourth-order valence-electron chi connectivity index (χ4n) is 3.40. The third-order valence-electron chi connectivity index (χ3n) is 4.77. The lowest BCUT2D eigenvalue weighted by Gasteiger charge is -2.29. The standard InChI is InChI=1S/C20H21F2N5O2S/c21-19(22)30-20-25-15-5-1-2-6-16(15)27(20)13-17(28)24-12-14-4-3-7-23-18(14)26-8-10-29-11-9-26/h1-7,19H,8-13H2,(H,24,28). The van der Waals surface area contributed by atoms with Gasteiger partial charge in [0.2, 0.25) is 5.91 Å². The first kappa shape index (κ1) is 20.5. The van der Waals surface area contributed by atoms with Crippen molar-refractivity contribution in [2.75, 3.05) is 31.2 Å². The summed E-state index contributed by atoms with van der Waals surface area (Å²) in [5.74, 6) is -2.08. The zero-order chi connectivity index (χ0) is 20.9. The van der Waals surface area contributed by atoms with E-state index in [0.717, 1.165) is 24.5 Å². The molecule has 0 radical (unpaired) electrons. The van der Waals surface area contributed by atoms with Crippen LogP contribution >= 0.6 is 11.8 Å². The fourth-order valence-corrected chi connectivity index (χ4v) is 4.00. The van der Waals surface area contributed by atoms with E-state index in [9.17, 15) is 13.6 Å². The van der Waals surface area contributed by atoms with Crippen molar-refractivity contribution < 1.29 is 18.3 Å². The number of benzene rings is 1. The Kier molecular flexibility index (Phi) is 6.44. The molecule has 0 unspecified atom stereocenters. The van der Waals surface area contributed by atoms with Crippen molar-refractivity contribution in [1.29, 1.82) is 0 Å². The number of fused-ring (bicyclic) bond motifs is 1. The Bertz CT molecular complexity index is 1020. The molecule has 0 spiro atoms. The maximum Gasteiger partial charge on any atom is 0.291 e. The molecule has 1 aromatic carbocycles. The first-order valence-electron chi connectivity index (χ1n) is 9.55. The zero-order valence-corrected chi connectivity index (χ0v) is 16.9. The minimum absolute atomic E-state index is 0.0945. The van der Waals surface area contributed by atoms with Crippen LogP contribution in [0, 0.1) is 0 Å². The number of ether oxygens (including phenoxy) is 1. The van der Waals surface area contributed by atoms with Crippen LogP contribution in [0.4, 0.5) is 14.6 Å². The molecule has 0 atom stereocenters. The highest BCUT2D eigenvalue weighted by atomic mass is 32.2. The van der Waals surface area contributed by atoms with Gasteiger partial charge in [-0.1, -0.05) is 18.2 Å². The van der Waals surface area contributed by atoms with Gasteiger partial charge >= 0.3 is 0 Å². The highest BCUT2D eigenvalue weighted by Crippen LogP contribution is 2.28. The summed E-state index contributed by atoms with van der Waals surface area (Å²) < 4.78 is 32.8. The van der Waals surface area contributed by atoms with E-state index in [0.29, 0.717) is 42.6 Å². The van der Waals surface area contributed by atoms with Gasteiger partial charge in [0.25, 0.3) is 5.76 Å². The van der Waals surface area contributed by atoms with Gasteiger partial charge < -0.3 is 19.5 Å². The predicted octanol–water partition coefficient (Wildman–Crippen LogP) is 2.90. The molecule has 3 heterocycles. The number of nitrogens with zero attached hydrogens (tertiary/aromatic N) is 4. The van der Waals surface area contributed by atoms with E-state index in [-0.39, 0.29) is 17.6 Å². The molecule has 1 amide bonds. The molecule has 0 aliphatic carbocycles. The van der Waals surface area contributed by atoms with Gasteiger partial charge in [0.1, 0.15) is 12.4 Å². The summed E-state index contributed by atoms with van der Waals surface area (Å²) in [6, 6.07) is 10.8. The predicted molar refractivity (Wildman–Crippen MR) is 111 cm³/mol. The molecular weight excluding hydrogens is 412 g/mol. The summed E-state index contributed by atoms with van der Waals surface area (Å²) in [5, 5.41) is 3.00. The number of hydrogen-bond donors (Lipinski definition) is 1. The first-order chi connectivity index (χ1) is 14.6. The second-order valence-electron chi connectivity index (χ2n) is 6.71. The number of aromatic nitrogens is 3. The molecule has 158 valence electrons. The largest absolute Gasteiger partial charge is 0.378 e. The van der Waals surface area contributed by atoms with E-state index in [1.807, 2.05) is 12.1 Å². The number of anilines is 1. The minimum Gasteiger partial charge on any atom is -0.378 e. The van der Waals surface area contributed by atoms with Gasteiger partial charge in [0.05, 0.1) is 24.2 Å². The van der Waals surface area contributed by atoms with Crippen LogP contribution in [0.1, 0.15) is 5.56 Å². The number of rotatable bonds is 7. The number of carbonyl (C=O) groups is 1. The van der Waals surface area contributed by atoms with E-state index in [1.54, 1.807) is 30.5 Å². The second-order valence-corrected chi connectivity index (χ2v) is 7.67. The normalized spacial score (nSPS) is 14.4. The molecule has 1 fully saturated rings. The number of halogens is 2. The summed E-state index contributed by atoms with van der Waals surface area (Å²) in [5.41, 5.74) is 2.12. The van der Waals surface area contributed by atoms with E-state index in [4.69, 9.17) is 4.74 Å². The molecule has 1 aliphatic heterocycles. The average molecular weight is 433 g/mol. The number of para-hydroxylation sites is 2. The smallest absolute Gasteiger partial charge is 0.291 e. The number of imidazole rings is 1. The zero-order valence-electron chi connectivity index (χ0n) is 16.1. The van der Waals surface area contributed by atoms with Crippen molar-refractivity contribution in [3.8, 4) is 0 Å². The number of alkyl halides is 2. The van der Waals surface area contributed by atoms with Gasteiger partial charge in [-0.05, 0) is 30.0 Å². The number of carbonyl (C=O) groups excluding carboxylic acids is 1. The number of nitrogens with one attached hydrogen (secondary N) is 1. The van der Waals surface area contributed by atoms with Crippen LogP contribution in [0.25, 0.3) is 11.0 Å². The number of hydrogen-bond acceptors (Lipinski definition) is 6. The van der Waals surface area contributed by atoms with Crippen LogP contribution < -0.4 is 10.2 Å². The van der Waals surface area contributed by atoms with Crippen molar-refractivity contribution in [2.24, 2.45) is 0 Å². The van der Waals surface area contributed by atoms with Gasteiger partial charge in [-0.2, -0.15) is 8.78 Å². The Labute approximate surface area is 176 Å². The summed E-state index contributed by atoms with van der Waals surface area (Å²) >= 11 is 0.338. The SMILES string of the molecule is O=C(Cn1c(SC(F)F)nc2ccccc21)NCc1cccnc1N1CCOCC1. The fraction of sp³-hybridized carbons (Fsp3) is 0.350.